The van der Waals surface area contributed by atoms with E-state index in [0.717, 1.165) is 18.4 Å². The number of likely N-dealkylation sites (tertiary alicyclic amines) is 1. The van der Waals surface area contributed by atoms with Gasteiger partial charge in [0, 0.05) is 23.7 Å². The Bertz CT molecular complexity index is 1230. The summed E-state index contributed by atoms with van der Waals surface area (Å²) in [6, 6.07) is 5.68. The lowest BCUT2D eigenvalue weighted by Gasteiger charge is -2.33. The number of rotatable bonds is 6. The molecule has 1 heterocycles. The molecule has 1 saturated heterocycles. The third-order valence-corrected chi connectivity index (χ3v) is 7.48. The zero-order valence-electron chi connectivity index (χ0n) is 17.8. The first kappa shape index (κ1) is 22.4. The van der Waals surface area contributed by atoms with Crippen molar-refractivity contribution in [2.75, 3.05) is 6.26 Å². The SMILES string of the molecule is CS(=O)(=O)N[C@H]1[C@@H]2C[C@@H]2N(C(=O)C2(O)CC2)[C@H]1Cc1cccc(-c2cc(F)cc(F)c2)c1F. The number of benzene rings is 2. The van der Waals surface area contributed by atoms with Gasteiger partial charge < -0.3 is 10.0 Å². The van der Waals surface area contributed by atoms with Crippen molar-refractivity contribution in [1.82, 2.24) is 9.62 Å². The molecule has 5 rings (SSSR count). The van der Waals surface area contributed by atoms with Gasteiger partial charge in [-0.3, -0.25) is 4.79 Å². The predicted molar refractivity (Wildman–Crippen MR) is 114 cm³/mol. The third-order valence-electron chi connectivity index (χ3n) is 6.78. The van der Waals surface area contributed by atoms with Gasteiger partial charge in [0.05, 0.1) is 12.3 Å². The molecule has 2 saturated carbocycles. The van der Waals surface area contributed by atoms with Crippen LogP contribution >= 0.6 is 0 Å². The van der Waals surface area contributed by atoms with Gasteiger partial charge in [0.2, 0.25) is 10.0 Å². The molecular formula is C23H23F3N2O4S. The van der Waals surface area contributed by atoms with Crippen LogP contribution in [0.2, 0.25) is 0 Å². The van der Waals surface area contributed by atoms with Crippen molar-refractivity contribution < 1.29 is 31.5 Å². The molecular weight excluding hydrogens is 457 g/mol. The van der Waals surface area contributed by atoms with Crippen LogP contribution < -0.4 is 4.72 Å². The molecule has 0 spiro atoms. The Morgan fingerprint density at radius 1 is 1.18 bits per heavy atom. The fourth-order valence-corrected chi connectivity index (χ4v) is 5.84. The van der Waals surface area contributed by atoms with Crippen LogP contribution in [0.5, 0.6) is 0 Å². The van der Waals surface area contributed by atoms with Gasteiger partial charge in [-0.05, 0) is 54.9 Å². The van der Waals surface area contributed by atoms with E-state index < -0.39 is 51.1 Å². The van der Waals surface area contributed by atoms with Gasteiger partial charge in [0.15, 0.2) is 0 Å². The van der Waals surface area contributed by atoms with Gasteiger partial charge in [0.1, 0.15) is 23.1 Å². The molecule has 2 aromatic carbocycles. The summed E-state index contributed by atoms with van der Waals surface area (Å²) in [6.07, 6.45) is 2.30. The summed E-state index contributed by atoms with van der Waals surface area (Å²) in [5.41, 5.74) is -1.22. The highest BCUT2D eigenvalue weighted by molar-refractivity contribution is 7.88. The number of carbonyl (C=O) groups excluding carboxylic acids is 1. The van der Waals surface area contributed by atoms with Crippen LogP contribution in [0, 0.1) is 23.4 Å². The molecule has 2 N–H and O–H groups in total. The van der Waals surface area contributed by atoms with E-state index in [1.54, 1.807) is 6.07 Å². The van der Waals surface area contributed by atoms with Crippen LogP contribution in [-0.2, 0) is 21.2 Å². The van der Waals surface area contributed by atoms with E-state index in [-0.39, 0.29) is 35.1 Å². The number of fused-ring (bicyclic) bond motifs is 1. The molecule has 1 amide bonds. The van der Waals surface area contributed by atoms with Crippen molar-refractivity contribution in [3.05, 3.63) is 59.4 Å². The number of halogens is 3. The Labute approximate surface area is 189 Å². The summed E-state index contributed by atoms with van der Waals surface area (Å²) in [7, 11) is -3.61. The molecule has 1 aliphatic heterocycles. The Morgan fingerprint density at radius 3 is 2.45 bits per heavy atom. The number of nitrogens with zero attached hydrogens (tertiary/aromatic N) is 1. The lowest BCUT2D eigenvalue weighted by molar-refractivity contribution is -0.144. The molecule has 0 radical (unpaired) electrons. The lowest BCUT2D eigenvalue weighted by Crippen LogP contribution is -2.53. The van der Waals surface area contributed by atoms with Crippen LogP contribution in [0.25, 0.3) is 11.1 Å². The molecule has 6 nitrogen and oxygen atoms in total. The Morgan fingerprint density at radius 2 is 1.85 bits per heavy atom. The fourth-order valence-electron chi connectivity index (χ4n) is 5.02. The Kier molecular flexibility index (Phi) is 5.11. The number of hydrogen-bond acceptors (Lipinski definition) is 4. The first-order valence-electron chi connectivity index (χ1n) is 10.7. The summed E-state index contributed by atoms with van der Waals surface area (Å²) < 4.78 is 69.5. The molecule has 0 bridgehead atoms. The number of hydrogen-bond donors (Lipinski definition) is 2. The second kappa shape index (κ2) is 7.54. The normalized spacial score (nSPS) is 27.4. The second-order valence-corrected chi connectivity index (χ2v) is 11.1. The molecule has 3 aliphatic rings. The molecule has 3 fully saturated rings. The maximum Gasteiger partial charge on any atom is 0.255 e. The predicted octanol–water partition coefficient (Wildman–Crippen LogP) is 2.36. The molecule has 0 aromatic heterocycles. The van der Waals surface area contributed by atoms with Gasteiger partial charge in [-0.1, -0.05) is 18.2 Å². The van der Waals surface area contributed by atoms with E-state index in [9.17, 15) is 27.1 Å². The van der Waals surface area contributed by atoms with Crippen molar-refractivity contribution in [3.8, 4) is 11.1 Å². The summed E-state index contributed by atoms with van der Waals surface area (Å²) >= 11 is 0. The van der Waals surface area contributed by atoms with E-state index >= 15 is 4.39 Å². The minimum absolute atomic E-state index is 0.000349. The molecule has 2 aliphatic carbocycles. The minimum atomic E-state index is -3.61. The number of nitrogens with one attached hydrogen (secondary N) is 1. The summed E-state index contributed by atoms with van der Waals surface area (Å²) in [5, 5.41) is 10.4. The van der Waals surface area contributed by atoms with E-state index in [0.29, 0.717) is 25.3 Å². The zero-order chi connectivity index (χ0) is 23.7. The average Bonchev–Trinajstić information content (AvgIpc) is 3.62. The summed E-state index contributed by atoms with van der Waals surface area (Å²) in [4.78, 5) is 14.6. The van der Waals surface area contributed by atoms with E-state index in [4.69, 9.17) is 0 Å². The number of aliphatic hydroxyl groups is 1. The molecule has 10 heteroatoms. The van der Waals surface area contributed by atoms with Crippen molar-refractivity contribution in [1.29, 1.82) is 0 Å². The van der Waals surface area contributed by atoms with Gasteiger partial charge in [-0.2, -0.15) is 0 Å². The van der Waals surface area contributed by atoms with Gasteiger partial charge in [-0.15, -0.1) is 0 Å². The number of amides is 1. The Hall–Kier alpha value is -2.43. The maximum absolute atomic E-state index is 15.5. The highest BCUT2D eigenvalue weighted by Gasteiger charge is 2.64. The first-order valence-corrected chi connectivity index (χ1v) is 12.6. The average molecular weight is 481 g/mol. The summed E-state index contributed by atoms with van der Waals surface area (Å²) in [6.45, 7) is 0. The monoisotopic (exact) mass is 480 g/mol. The fraction of sp³-hybridized carbons (Fsp3) is 0.435. The van der Waals surface area contributed by atoms with Crippen LogP contribution in [0.1, 0.15) is 24.8 Å². The molecule has 2 aromatic rings. The van der Waals surface area contributed by atoms with Crippen LogP contribution in [0.3, 0.4) is 0 Å². The minimum Gasteiger partial charge on any atom is -0.380 e. The van der Waals surface area contributed by atoms with Crippen molar-refractivity contribution in [2.45, 2.75) is 49.4 Å². The van der Waals surface area contributed by atoms with Crippen molar-refractivity contribution in [3.63, 3.8) is 0 Å². The van der Waals surface area contributed by atoms with Crippen molar-refractivity contribution >= 4 is 15.9 Å². The topological polar surface area (TPSA) is 86.7 Å². The van der Waals surface area contributed by atoms with Gasteiger partial charge >= 0.3 is 0 Å². The van der Waals surface area contributed by atoms with Gasteiger partial charge in [-0.25, -0.2) is 26.3 Å². The molecule has 176 valence electrons. The highest BCUT2D eigenvalue weighted by Crippen LogP contribution is 2.52. The second-order valence-electron chi connectivity index (χ2n) is 9.33. The van der Waals surface area contributed by atoms with Crippen molar-refractivity contribution in [2.24, 2.45) is 5.92 Å². The maximum atomic E-state index is 15.5. The number of piperidine rings is 1. The smallest absolute Gasteiger partial charge is 0.255 e. The quantitative estimate of drug-likeness (QED) is 0.665. The summed E-state index contributed by atoms with van der Waals surface area (Å²) in [5.74, 6) is -2.94. The number of carbonyl (C=O) groups is 1. The highest BCUT2D eigenvalue weighted by atomic mass is 32.2. The molecule has 0 unspecified atom stereocenters. The third kappa shape index (κ3) is 4.15. The molecule has 33 heavy (non-hydrogen) atoms. The van der Waals surface area contributed by atoms with E-state index in [2.05, 4.69) is 4.72 Å². The van der Waals surface area contributed by atoms with Gasteiger partial charge in [0.25, 0.3) is 5.91 Å². The van der Waals surface area contributed by atoms with Crippen LogP contribution in [0.15, 0.2) is 36.4 Å². The Balaban J connectivity index is 1.51. The van der Waals surface area contributed by atoms with E-state index in [1.165, 1.54) is 17.0 Å². The van der Waals surface area contributed by atoms with Crippen LogP contribution in [0.4, 0.5) is 13.2 Å². The molecule has 4 atom stereocenters. The van der Waals surface area contributed by atoms with Crippen LogP contribution in [-0.4, -0.2) is 54.3 Å². The largest absolute Gasteiger partial charge is 0.380 e. The lowest BCUT2D eigenvalue weighted by atomic mass is 9.94. The standard InChI is InChI=1S/C23H23F3N2O4S/c1-33(31,32)27-21-17-11-18(17)28(22(29)23(30)5-6-23)19(21)9-12-3-2-4-16(20(12)26)13-7-14(24)10-15(25)8-13/h2-4,7-8,10,17-19,21,27,30H,5-6,9,11H2,1H3/t17-,18+,19+,21+/m1/s1. The number of sulfonamides is 1. The first-order chi connectivity index (χ1) is 15.5. The van der Waals surface area contributed by atoms with E-state index in [1.807, 2.05) is 0 Å². The zero-order valence-corrected chi connectivity index (χ0v) is 18.6.